The molecule has 1 nitrogen and oxygen atoms in total. The zero-order valence-electron chi connectivity index (χ0n) is 3.83. The van der Waals surface area contributed by atoms with E-state index in [2.05, 4.69) is 0 Å². The van der Waals surface area contributed by atoms with Crippen LogP contribution in [0.25, 0.3) is 0 Å². The van der Waals surface area contributed by atoms with Crippen LogP contribution >= 0.6 is 0 Å². The molecule has 0 aromatic heterocycles. The van der Waals surface area contributed by atoms with Gasteiger partial charge in [-0.05, 0) is 0 Å². The van der Waals surface area contributed by atoms with Crippen LogP contribution in [-0.2, 0) is 10.8 Å². The topological polar surface area (TPSA) is 17.1 Å². The Bertz CT molecular complexity index is 135. The second kappa shape index (κ2) is 2.07. The van der Waals surface area contributed by atoms with E-state index in [1.807, 2.05) is 12.2 Å². The summed E-state index contributed by atoms with van der Waals surface area (Å²) in [7, 11) is -0.708. The molecule has 0 saturated carbocycles. The molecule has 0 amide bonds. The molecule has 0 aliphatic carbocycles. The maximum atomic E-state index is 10.4. The summed E-state index contributed by atoms with van der Waals surface area (Å²) in [6, 6.07) is 0. The number of hydrogen-bond donors (Lipinski definition) is 0. The van der Waals surface area contributed by atoms with Gasteiger partial charge >= 0.3 is 0 Å². The summed E-state index contributed by atoms with van der Waals surface area (Å²) in [5.41, 5.74) is 0. The highest BCUT2D eigenvalue weighted by Gasteiger charge is 1.89. The van der Waals surface area contributed by atoms with Gasteiger partial charge in [-0.25, -0.2) is 0 Å². The Morgan fingerprint density at radius 2 is 2.29 bits per heavy atom. The van der Waals surface area contributed by atoms with E-state index < -0.39 is 10.8 Å². The van der Waals surface area contributed by atoms with E-state index in [1.54, 1.807) is 11.5 Å². The molecule has 0 fully saturated rings. The molecule has 0 spiro atoms. The quantitative estimate of drug-likeness (QED) is 0.455. The van der Waals surface area contributed by atoms with E-state index in [1.165, 1.54) is 0 Å². The van der Waals surface area contributed by atoms with Crippen molar-refractivity contribution < 1.29 is 4.21 Å². The molecule has 0 bridgehead atoms. The average Bonchev–Trinajstić information content (AvgIpc) is 1.69. The highest BCUT2D eigenvalue weighted by atomic mass is 32.2. The van der Waals surface area contributed by atoms with Crippen molar-refractivity contribution in [2.75, 3.05) is 5.75 Å². The van der Waals surface area contributed by atoms with Gasteiger partial charge in [0.05, 0.1) is 0 Å². The minimum atomic E-state index is -0.708. The van der Waals surface area contributed by atoms with E-state index in [4.69, 9.17) is 0 Å². The Labute approximate surface area is 45.2 Å². The second-order valence-corrected chi connectivity index (χ2v) is 2.67. The van der Waals surface area contributed by atoms with Crippen LogP contribution in [0.4, 0.5) is 0 Å². The maximum Gasteiger partial charge on any atom is 0.0494 e. The van der Waals surface area contributed by atoms with Crippen LogP contribution in [0, 0.1) is 0 Å². The summed E-state index contributed by atoms with van der Waals surface area (Å²) in [6.07, 6.45) is 5.61. The van der Waals surface area contributed by atoms with Gasteiger partial charge in [0.25, 0.3) is 0 Å². The molecular formula is C5H6OS. The van der Waals surface area contributed by atoms with Crippen LogP contribution in [0.3, 0.4) is 0 Å². The largest absolute Gasteiger partial charge is 0.255 e. The van der Waals surface area contributed by atoms with Gasteiger partial charge in [0, 0.05) is 22.0 Å². The highest BCUT2D eigenvalue weighted by Crippen LogP contribution is 1.93. The fraction of sp³-hybridized carbons (Fsp3) is 0.200. The zero-order chi connectivity index (χ0) is 5.11. The van der Waals surface area contributed by atoms with Crippen LogP contribution in [-0.4, -0.2) is 9.96 Å². The first kappa shape index (κ1) is 4.78. The normalized spacial score (nSPS) is 28.3. The minimum Gasteiger partial charge on any atom is -0.255 e. The van der Waals surface area contributed by atoms with Crippen molar-refractivity contribution in [1.29, 1.82) is 0 Å². The lowest BCUT2D eigenvalue weighted by Gasteiger charge is -1.90. The molecule has 1 heterocycles. The van der Waals surface area contributed by atoms with Gasteiger partial charge in [-0.15, -0.1) is 0 Å². The van der Waals surface area contributed by atoms with Crippen molar-refractivity contribution in [3.8, 4) is 0 Å². The second-order valence-electron chi connectivity index (χ2n) is 1.30. The molecule has 38 valence electrons. The lowest BCUT2D eigenvalue weighted by atomic mass is 10.5. The molecule has 2 heteroatoms. The summed E-state index contributed by atoms with van der Waals surface area (Å²) in [5, 5.41) is 1.69. The van der Waals surface area contributed by atoms with Crippen LogP contribution in [0.15, 0.2) is 23.6 Å². The molecule has 0 N–H and O–H groups in total. The van der Waals surface area contributed by atoms with Crippen LogP contribution in [0.2, 0.25) is 0 Å². The lowest BCUT2D eigenvalue weighted by Crippen LogP contribution is -1.90. The van der Waals surface area contributed by atoms with Gasteiger partial charge in [-0.2, -0.15) is 0 Å². The Kier molecular flexibility index (Phi) is 1.42. The molecular weight excluding hydrogens is 108 g/mol. The van der Waals surface area contributed by atoms with Crippen LogP contribution < -0.4 is 0 Å². The molecule has 0 saturated heterocycles. The first-order chi connectivity index (χ1) is 3.39. The number of rotatable bonds is 0. The van der Waals surface area contributed by atoms with Crippen LogP contribution in [0.1, 0.15) is 0 Å². The van der Waals surface area contributed by atoms with E-state index >= 15 is 0 Å². The van der Waals surface area contributed by atoms with E-state index in [0.29, 0.717) is 5.75 Å². The molecule has 1 unspecified atom stereocenters. The minimum absolute atomic E-state index is 0.691. The van der Waals surface area contributed by atoms with Gasteiger partial charge in [0.15, 0.2) is 0 Å². The first-order valence-electron chi connectivity index (χ1n) is 2.10. The van der Waals surface area contributed by atoms with E-state index in [0.717, 1.165) is 0 Å². The molecule has 0 aromatic carbocycles. The average molecular weight is 114 g/mol. The van der Waals surface area contributed by atoms with Crippen molar-refractivity contribution in [1.82, 2.24) is 0 Å². The predicted octanol–water partition coefficient (Wildman–Crippen LogP) is 0.819. The Hall–Kier alpha value is -0.370. The van der Waals surface area contributed by atoms with Gasteiger partial charge in [-0.1, -0.05) is 18.2 Å². The Balaban J connectivity index is 2.66. The zero-order valence-corrected chi connectivity index (χ0v) is 4.65. The van der Waals surface area contributed by atoms with Gasteiger partial charge < -0.3 is 0 Å². The van der Waals surface area contributed by atoms with Crippen molar-refractivity contribution in [3.63, 3.8) is 0 Å². The fourth-order valence-corrected chi connectivity index (χ4v) is 1.10. The van der Waals surface area contributed by atoms with Crippen molar-refractivity contribution in [2.24, 2.45) is 0 Å². The van der Waals surface area contributed by atoms with Gasteiger partial charge in [0.1, 0.15) is 0 Å². The van der Waals surface area contributed by atoms with Crippen molar-refractivity contribution in [2.45, 2.75) is 0 Å². The third-order valence-electron chi connectivity index (χ3n) is 0.738. The SMILES string of the molecule is O=S1C=CC=CC1. The molecule has 1 rings (SSSR count). The monoisotopic (exact) mass is 114 g/mol. The summed E-state index contributed by atoms with van der Waals surface area (Å²) in [5.74, 6) is 0.691. The molecule has 7 heavy (non-hydrogen) atoms. The molecule has 1 aliphatic rings. The summed E-state index contributed by atoms with van der Waals surface area (Å²) in [6.45, 7) is 0. The Morgan fingerprint density at radius 3 is 2.57 bits per heavy atom. The van der Waals surface area contributed by atoms with E-state index in [-0.39, 0.29) is 0 Å². The third kappa shape index (κ3) is 1.27. The smallest absolute Gasteiger partial charge is 0.0494 e. The molecule has 0 aromatic rings. The Morgan fingerprint density at radius 1 is 1.43 bits per heavy atom. The molecule has 1 atom stereocenters. The predicted molar refractivity (Wildman–Crippen MR) is 31.3 cm³/mol. The fourth-order valence-electron chi connectivity index (χ4n) is 0.418. The maximum absolute atomic E-state index is 10.4. The number of allylic oxidation sites excluding steroid dienone is 2. The third-order valence-corrected chi connectivity index (χ3v) is 1.72. The van der Waals surface area contributed by atoms with Crippen LogP contribution in [0.5, 0.6) is 0 Å². The van der Waals surface area contributed by atoms with Crippen molar-refractivity contribution in [3.05, 3.63) is 23.6 Å². The standard InChI is InChI=1S/C5H6OS/c6-7-4-2-1-3-5-7/h1-4H,5H2. The molecule has 1 aliphatic heterocycles. The summed E-state index contributed by atoms with van der Waals surface area (Å²) >= 11 is 0. The van der Waals surface area contributed by atoms with Crippen molar-refractivity contribution >= 4 is 10.8 Å². The first-order valence-corrected chi connectivity index (χ1v) is 3.48. The number of hydrogen-bond acceptors (Lipinski definition) is 1. The summed E-state index contributed by atoms with van der Waals surface area (Å²) in [4.78, 5) is 0. The van der Waals surface area contributed by atoms with Gasteiger partial charge in [0.2, 0.25) is 0 Å². The van der Waals surface area contributed by atoms with E-state index in [9.17, 15) is 4.21 Å². The van der Waals surface area contributed by atoms with Gasteiger partial charge in [-0.3, -0.25) is 4.21 Å². The lowest BCUT2D eigenvalue weighted by molar-refractivity contribution is 0.690. The summed E-state index contributed by atoms with van der Waals surface area (Å²) < 4.78 is 10.4. The highest BCUT2D eigenvalue weighted by molar-refractivity contribution is 7.88. The molecule has 0 radical (unpaired) electrons.